The molecule has 3 aromatic carbocycles. The third-order valence-electron chi connectivity index (χ3n) is 6.78. The van der Waals surface area contributed by atoms with E-state index in [9.17, 15) is 20.0 Å². The lowest BCUT2D eigenvalue weighted by atomic mass is 10.0. The Balaban J connectivity index is 1.61. The van der Waals surface area contributed by atoms with Crippen LogP contribution in [-0.2, 0) is 13.1 Å². The van der Waals surface area contributed by atoms with Crippen molar-refractivity contribution in [2.45, 2.75) is 26.9 Å². The van der Waals surface area contributed by atoms with Gasteiger partial charge >= 0.3 is 5.97 Å². The molecular formula is C31H25N3O3S. The van der Waals surface area contributed by atoms with Gasteiger partial charge in [0.15, 0.2) is 0 Å². The predicted octanol–water partition coefficient (Wildman–Crippen LogP) is 7.12. The summed E-state index contributed by atoms with van der Waals surface area (Å²) in [4.78, 5) is 28.7. The van der Waals surface area contributed by atoms with Crippen molar-refractivity contribution in [3.05, 3.63) is 112 Å². The van der Waals surface area contributed by atoms with Crippen LogP contribution in [0.1, 0.15) is 44.5 Å². The second kappa shape index (κ2) is 10.4. The molecule has 0 bridgehead atoms. The molecule has 6 nitrogen and oxygen atoms in total. The number of carbonyl (C=O) groups excluding carboxylic acids is 1. The van der Waals surface area contributed by atoms with Crippen LogP contribution in [-0.4, -0.2) is 21.6 Å². The van der Waals surface area contributed by atoms with Crippen molar-refractivity contribution in [2.24, 2.45) is 0 Å². The molecule has 0 unspecified atom stereocenters. The Kier molecular flexibility index (Phi) is 6.82. The minimum atomic E-state index is -0.983. The first-order chi connectivity index (χ1) is 18.4. The van der Waals surface area contributed by atoms with Gasteiger partial charge in [0.05, 0.1) is 18.2 Å². The van der Waals surface area contributed by atoms with E-state index in [2.05, 4.69) is 6.07 Å². The van der Waals surface area contributed by atoms with Crippen LogP contribution in [0.25, 0.3) is 21.3 Å². The van der Waals surface area contributed by atoms with Crippen molar-refractivity contribution < 1.29 is 14.7 Å². The molecule has 7 heteroatoms. The Morgan fingerprint density at radius 1 is 1.03 bits per heavy atom. The number of anilines is 1. The average molecular weight is 520 g/mol. The van der Waals surface area contributed by atoms with Gasteiger partial charge in [-0.3, -0.25) is 4.79 Å². The number of aryl methyl sites for hydroxylation is 2. The summed E-state index contributed by atoms with van der Waals surface area (Å²) in [5, 5.41) is 22.3. The number of carboxylic acid groups (broad SMARTS) is 1. The van der Waals surface area contributed by atoms with E-state index >= 15 is 0 Å². The van der Waals surface area contributed by atoms with Crippen LogP contribution < -0.4 is 4.90 Å². The minimum Gasteiger partial charge on any atom is -0.477 e. The number of rotatable bonds is 7. The summed E-state index contributed by atoms with van der Waals surface area (Å²) in [6.45, 7) is 4.41. The fourth-order valence-electron chi connectivity index (χ4n) is 4.88. The molecule has 0 saturated heterocycles. The topological polar surface area (TPSA) is 86.3 Å². The van der Waals surface area contributed by atoms with Crippen LogP contribution in [0.4, 0.5) is 5.69 Å². The monoisotopic (exact) mass is 519 g/mol. The van der Waals surface area contributed by atoms with Crippen molar-refractivity contribution >= 4 is 39.8 Å². The molecule has 5 rings (SSSR count). The number of fused-ring (bicyclic) bond motifs is 1. The van der Waals surface area contributed by atoms with Crippen LogP contribution in [0, 0.1) is 18.3 Å². The van der Waals surface area contributed by atoms with E-state index in [0.29, 0.717) is 28.9 Å². The summed E-state index contributed by atoms with van der Waals surface area (Å²) >= 11 is 1.64. The second-order valence-electron chi connectivity index (χ2n) is 8.94. The largest absolute Gasteiger partial charge is 0.477 e. The lowest BCUT2D eigenvalue weighted by molar-refractivity contribution is 0.0684. The molecular weight excluding hydrogens is 494 g/mol. The first-order valence-corrected chi connectivity index (χ1v) is 13.1. The molecule has 5 aromatic rings. The summed E-state index contributed by atoms with van der Waals surface area (Å²) in [6, 6.07) is 26.6. The first-order valence-electron chi connectivity index (χ1n) is 12.2. The van der Waals surface area contributed by atoms with Gasteiger partial charge in [0.1, 0.15) is 5.69 Å². The smallest absolute Gasteiger partial charge is 0.352 e. The molecule has 0 radical (unpaired) electrons. The molecule has 0 atom stereocenters. The van der Waals surface area contributed by atoms with E-state index in [4.69, 9.17) is 0 Å². The highest BCUT2D eigenvalue weighted by molar-refractivity contribution is 7.13. The third-order valence-corrected chi connectivity index (χ3v) is 7.70. The third kappa shape index (κ3) is 4.47. The molecule has 38 heavy (non-hydrogen) atoms. The van der Waals surface area contributed by atoms with Gasteiger partial charge in [-0.2, -0.15) is 5.26 Å². The molecule has 188 valence electrons. The van der Waals surface area contributed by atoms with E-state index in [0.717, 1.165) is 26.9 Å². The van der Waals surface area contributed by atoms with E-state index in [1.807, 2.05) is 79.0 Å². The summed E-state index contributed by atoms with van der Waals surface area (Å²) in [7, 11) is 0. The summed E-state index contributed by atoms with van der Waals surface area (Å²) in [5.74, 6) is -1.19. The number of benzene rings is 3. The highest BCUT2D eigenvalue weighted by atomic mass is 32.1. The maximum Gasteiger partial charge on any atom is 0.352 e. The summed E-state index contributed by atoms with van der Waals surface area (Å²) in [6.07, 6.45) is 0. The van der Waals surface area contributed by atoms with Crippen LogP contribution in [0.5, 0.6) is 0 Å². The highest BCUT2D eigenvalue weighted by Gasteiger charge is 2.23. The van der Waals surface area contributed by atoms with E-state index < -0.39 is 5.97 Å². The fraction of sp³-hybridized carbons (Fsp3) is 0.129. The molecule has 0 aliphatic carbocycles. The zero-order valence-corrected chi connectivity index (χ0v) is 21.8. The number of aromatic nitrogens is 1. The molecule has 1 amide bonds. The van der Waals surface area contributed by atoms with Gasteiger partial charge in [0.25, 0.3) is 5.91 Å². The van der Waals surface area contributed by atoms with Crippen molar-refractivity contribution in [1.29, 1.82) is 5.26 Å². The zero-order chi connectivity index (χ0) is 26.8. The van der Waals surface area contributed by atoms with Gasteiger partial charge in [-0.05, 0) is 78.4 Å². The number of nitriles is 1. The first kappa shape index (κ1) is 25.0. The molecule has 0 aliphatic heterocycles. The Hall–Kier alpha value is -4.67. The van der Waals surface area contributed by atoms with Gasteiger partial charge in [-0.1, -0.05) is 36.4 Å². The highest BCUT2D eigenvalue weighted by Crippen LogP contribution is 2.32. The summed E-state index contributed by atoms with van der Waals surface area (Å²) in [5.41, 5.74) is 5.12. The van der Waals surface area contributed by atoms with E-state index in [-0.39, 0.29) is 18.1 Å². The van der Waals surface area contributed by atoms with Crippen molar-refractivity contribution in [2.75, 3.05) is 4.90 Å². The molecule has 0 saturated carbocycles. The van der Waals surface area contributed by atoms with Crippen LogP contribution in [0.2, 0.25) is 0 Å². The Labute approximate surface area is 224 Å². The molecule has 2 heterocycles. The number of nitrogens with zero attached hydrogens (tertiary/aromatic N) is 3. The number of thiophene rings is 1. The van der Waals surface area contributed by atoms with Gasteiger partial charge in [-0.15, -0.1) is 11.3 Å². The number of carbonyl (C=O) groups is 2. The Morgan fingerprint density at radius 3 is 2.45 bits per heavy atom. The van der Waals surface area contributed by atoms with Crippen LogP contribution in [0.3, 0.4) is 0 Å². The quantitative estimate of drug-likeness (QED) is 0.248. The number of carboxylic acids is 1. The Bertz CT molecular complexity index is 1690. The maximum absolute atomic E-state index is 14.0. The fourth-order valence-corrected chi connectivity index (χ4v) is 5.61. The van der Waals surface area contributed by atoms with Crippen molar-refractivity contribution in [3.63, 3.8) is 0 Å². The maximum atomic E-state index is 14.0. The van der Waals surface area contributed by atoms with Gasteiger partial charge in [-0.25, -0.2) is 4.79 Å². The van der Waals surface area contributed by atoms with Crippen molar-refractivity contribution in [1.82, 2.24) is 4.57 Å². The number of aromatic carboxylic acids is 1. The summed E-state index contributed by atoms with van der Waals surface area (Å²) < 4.78 is 1.78. The zero-order valence-electron chi connectivity index (χ0n) is 21.0. The predicted molar refractivity (Wildman–Crippen MR) is 151 cm³/mol. The molecule has 0 fully saturated rings. The van der Waals surface area contributed by atoms with Crippen LogP contribution >= 0.6 is 11.3 Å². The number of hydrogen-bond donors (Lipinski definition) is 1. The Morgan fingerprint density at radius 2 is 1.79 bits per heavy atom. The molecule has 1 N–H and O–H groups in total. The average Bonchev–Trinajstić information content (AvgIpc) is 3.58. The van der Waals surface area contributed by atoms with E-state index in [1.165, 1.54) is 0 Å². The van der Waals surface area contributed by atoms with Gasteiger partial charge < -0.3 is 14.6 Å². The standard InChI is InChI=1S/C31H25N3O3S/c1-3-33-27-15-14-25(17-26(27)20(2)29(33)31(36)37)34(19-24-8-5-4-7-23(24)18-32)30(35)22-12-10-21(11-13-22)28-9-6-16-38-28/h4-17H,3,19H2,1-2H3,(H,36,37). The molecule has 2 aromatic heterocycles. The minimum absolute atomic E-state index is 0.195. The number of hydrogen-bond acceptors (Lipinski definition) is 4. The van der Waals surface area contributed by atoms with Crippen molar-refractivity contribution in [3.8, 4) is 16.5 Å². The second-order valence-corrected chi connectivity index (χ2v) is 9.89. The molecule has 0 aliphatic rings. The lowest BCUT2D eigenvalue weighted by Crippen LogP contribution is -2.30. The molecule has 0 spiro atoms. The van der Waals surface area contributed by atoms with Gasteiger partial charge in [0.2, 0.25) is 0 Å². The van der Waals surface area contributed by atoms with E-state index in [1.54, 1.807) is 39.9 Å². The van der Waals surface area contributed by atoms with Crippen LogP contribution in [0.15, 0.2) is 84.2 Å². The lowest BCUT2D eigenvalue weighted by Gasteiger charge is -2.24. The normalized spacial score (nSPS) is 10.9. The van der Waals surface area contributed by atoms with Gasteiger partial charge in [0, 0.05) is 33.6 Å². The number of amides is 1. The SMILES string of the molecule is CCn1c(C(=O)O)c(C)c2cc(N(Cc3ccccc3C#N)C(=O)c3ccc(-c4cccs4)cc3)ccc21.